The van der Waals surface area contributed by atoms with E-state index in [1.54, 1.807) is 24.3 Å². The number of amides is 1. The summed E-state index contributed by atoms with van der Waals surface area (Å²) in [6.45, 7) is 19.8. The van der Waals surface area contributed by atoms with Gasteiger partial charge in [0.05, 0.1) is 16.3 Å². The van der Waals surface area contributed by atoms with Crippen LogP contribution in [0.1, 0.15) is 108 Å². The molecule has 1 amide bonds. The van der Waals surface area contributed by atoms with E-state index >= 15 is 0 Å². The van der Waals surface area contributed by atoms with Gasteiger partial charge in [-0.25, -0.2) is 9.78 Å². The van der Waals surface area contributed by atoms with Crippen LogP contribution < -0.4 is 4.74 Å². The van der Waals surface area contributed by atoms with E-state index < -0.39 is 5.60 Å². The average Bonchev–Trinajstić information content (AvgIpc) is 3.08. The molecule has 3 aliphatic rings. The fraction of sp³-hybridized carbons (Fsp3) is 0.571. The van der Waals surface area contributed by atoms with Crippen molar-refractivity contribution in [1.82, 2.24) is 14.8 Å². The number of allylic oxidation sites excluding steroid dienone is 2. The molecule has 2 aromatic rings. The number of ketones is 1. The molecule has 0 atom stereocenters. The highest BCUT2D eigenvalue weighted by molar-refractivity contribution is 6.31. The van der Waals surface area contributed by atoms with E-state index in [4.69, 9.17) is 26.1 Å². The van der Waals surface area contributed by atoms with Crippen molar-refractivity contribution in [3.8, 4) is 23.7 Å². The van der Waals surface area contributed by atoms with Gasteiger partial charge in [0.25, 0.3) is 0 Å². The summed E-state index contributed by atoms with van der Waals surface area (Å²) in [6.07, 6.45) is 8.02. The maximum absolute atomic E-state index is 13.5. The number of halogens is 1. The van der Waals surface area contributed by atoms with E-state index in [0.29, 0.717) is 46.0 Å². The number of nitrogens with zero attached hydrogens (tertiary/aromatic N) is 4. The first kappa shape index (κ1) is 38.4. The normalized spacial score (nSPS) is 22.4. The van der Waals surface area contributed by atoms with Crippen molar-refractivity contribution in [3.63, 3.8) is 0 Å². The first-order chi connectivity index (χ1) is 24.0. The van der Waals surface area contributed by atoms with Gasteiger partial charge in [-0.3, -0.25) is 4.79 Å². The first-order valence-corrected chi connectivity index (χ1v) is 18.7. The number of hydrogen-bond donors (Lipinski definition) is 0. The van der Waals surface area contributed by atoms with Gasteiger partial charge in [0, 0.05) is 47.5 Å². The highest BCUT2D eigenvalue weighted by Gasteiger charge is 2.62. The largest absolute Gasteiger partial charge is 0.489 e. The second-order valence-corrected chi connectivity index (χ2v) is 16.8. The molecule has 3 fully saturated rings. The van der Waals surface area contributed by atoms with Crippen molar-refractivity contribution in [2.75, 3.05) is 26.2 Å². The van der Waals surface area contributed by atoms with Crippen LogP contribution in [-0.2, 0) is 11.2 Å². The van der Waals surface area contributed by atoms with Crippen LogP contribution in [-0.4, -0.2) is 70.6 Å². The lowest BCUT2D eigenvalue weighted by Crippen LogP contribution is -2.65. The lowest BCUT2D eigenvalue weighted by molar-refractivity contribution is -0.177. The third-order valence-corrected chi connectivity index (χ3v) is 11.2. The summed E-state index contributed by atoms with van der Waals surface area (Å²) in [4.78, 5) is 35.1. The fourth-order valence-electron chi connectivity index (χ4n) is 8.41. The molecular formula is C42H53ClN4O4. The Kier molecular flexibility index (Phi) is 11.6. The maximum atomic E-state index is 13.5. The van der Waals surface area contributed by atoms with Gasteiger partial charge in [-0.05, 0) is 108 Å². The molecule has 51 heavy (non-hydrogen) atoms. The molecule has 0 spiro atoms. The van der Waals surface area contributed by atoms with Crippen LogP contribution in [0.25, 0.3) is 0 Å². The van der Waals surface area contributed by atoms with E-state index in [-0.39, 0.29) is 34.7 Å². The topological polar surface area (TPSA) is 95.8 Å². The zero-order valence-electron chi connectivity index (χ0n) is 31.5. The predicted molar refractivity (Wildman–Crippen MR) is 201 cm³/mol. The Bertz CT molecular complexity index is 1730. The number of carbonyl (C=O) groups is 2. The van der Waals surface area contributed by atoms with Gasteiger partial charge >= 0.3 is 6.09 Å². The maximum Gasteiger partial charge on any atom is 0.410 e. The molecule has 9 heteroatoms. The smallest absolute Gasteiger partial charge is 0.410 e. The van der Waals surface area contributed by atoms with E-state index in [1.165, 1.54) is 0 Å². The number of benzene rings is 1. The van der Waals surface area contributed by atoms with Crippen LogP contribution in [0.2, 0.25) is 5.02 Å². The number of ether oxygens (including phenoxy) is 2. The van der Waals surface area contributed by atoms with Crippen molar-refractivity contribution < 1.29 is 19.1 Å². The van der Waals surface area contributed by atoms with E-state index in [9.17, 15) is 14.9 Å². The van der Waals surface area contributed by atoms with Gasteiger partial charge in [0.1, 0.15) is 29.2 Å². The molecule has 1 aromatic heterocycles. The number of nitriles is 1. The van der Waals surface area contributed by atoms with Crippen LogP contribution in [0.15, 0.2) is 42.5 Å². The van der Waals surface area contributed by atoms with Gasteiger partial charge in [0.15, 0.2) is 5.78 Å². The number of aryl methyl sites for hydroxylation is 1. The highest BCUT2D eigenvalue weighted by Crippen LogP contribution is 2.61. The van der Waals surface area contributed by atoms with Crippen LogP contribution in [0.4, 0.5) is 4.79 Å². The van der Waals surface area contributed by atoms with Gasteiger partial charge in [0.2, 0.25) is 0 Å². The van der Waals surface area contributed by atoms with Gasteiger partial charge in [-0.2, -0.15) is 5.26 Å². The molecule has 0 unspecified atom stereocenters. The molecule has 2 saturated heterocycles. The second-order valence-electron chi connectivity index (χ2n) is 16.4. The van der Waals surface area contributed by atoms with Crippen LogP contribution in [0.5, 0.6) is 5.75 Å². The van der Waals surface area contributed by atoms with Crippen LogP contribution in [0.3, 0.4) is 0 Å². The number of hydrogen-bond acceptors (Lipinski definition) is 7. The van der Waals surface area contributed by atoms with Gasteiger partial charge in [-0.15, -0.1) is 0 Å². The Hall–Kier alpha value is -3.85. The fourth-order valence-corrected chi connectivity index (χ4v) is 8.62. The number of rotatable bonds is 7. The van der Waals surface area contributed by atoms with E-state index in [1.807, 2.05) is 50.8 Å². The molecule has 272 valence electrons. The zero-order valence-corrected chi connectivity index (χ0v) is 32.3. The molecule has 0 radical (unpaired) electrons. The first-order valence-electron chi connectivity index (χ1n) is 18.4. The standard InChI is InChI=1S/C42H53ClN4O4/c1-9-35-33(36(48)16-17-37-41(5,6)38(42(37,7)8)50-32-14-11-29(27-44)34(43)26-32)15-13-30(45-35)12-10-28-18-22-46(23-19-28)31-20-24-47(25-21-31)39(49)51-40(2,3)4/h11,13-17,26,28,31,37-38H,9,18-25H2,1-8H3/b17-16+/t37-,38-. The molecule has 3 heterocycles. The summed E-state index contributed by atoms with van der Waals surface area (Å²) < 4.78 is 12.0. The van der Waals surface area contributed by atoms with E-state index in [0.717, 1.165) is 57.6 Å². The summed E-state index contributed by atoms with van der Waals surface area (Å²) in [5, 5.41) is 9.57. The van der Waals surface area contributed by atoms with Gasteiger partial charge in [-0.1, -0.05) is 58.2 Å². The van der Waals surface area contributed by atoms with Crippen molar-refractivity contribution in [2.45, 2.75) is 105 Å². The lowest BCUT2D eigenvalue weighted by atomic mass is 9.45. The molecule has 1 saturated carbocycles. The number of likely N-dealkylation sites (tertiary alicyclic amines) is 2. The van der Waals surface area contributed by atoms with Crippen LogP contribution >= 0.6 is 11.6 Å². The van der Waals surface area contributed by atoms with Crippen molar-refractivity contribution in [1.29, 1.82) is 5.26 Å². The predicted octanol–water partition coefficient (Wildman–Crippen LogP) is 8.50. The van der Waals surface area contributed by atoms with Crippen molar-refractivity contribution >= 4 is 23.5 Å². The highest BCUT2D eigenvalue weighted by atomic mass is 35.5. The number of pyridine rings is 1. The summed E-state index contributed by atoms with van der Waals surface area (Å²) >= 11 is 6.25. The third kappa shape index (κ3) is 8.79. The Morgan fingerprint density at radius 3 is 2.27 bits per heavy atom. The average molecular weight is 713 g/mol. The molecule has 1 aromatic carbocycles. The lowest BCUT2D eigenvalue weighted by Gasteiger charge is -2.62. The monoisotopic (exact) mass is 712 g/mol. The SMILES string of the molecule is CCc1nc(C#CC2CCN(C3CCN(C(=O)OC(C)(C)C)CC3)CC2)ccc1C(=O)/C=C/[C@H]1C(C)(C)[C@H](Oc2ccc(C#N)c(Cl)c2)C1(C)C. The molecule has 5 rings (SSSR count). The zero-order chi connectivity index (χ0) is 37.1. The molecule has 2 aliphatic heterocycles. The van der Waals surface area contributed by atoms with Crippen molar-refractivity contribution in [3.05, 3.63) is 70.0 Å². The summed E-state index contributed by atoms with van der Waals surface area (Å²) in [5.74, 6) is 7.76. The Labute approximate surface area is 309 Å². The Morgan fingerprint density at radius 1 is 1.02 bits per heavy atom. The third-order valence-electron chi connectivity index (χ3n) is 10.9. The Balaban J connectivity index is 1.14. The summed E-state index contributed by atoms with van der Waals surface area (Å²) in [6, 6.07) is 11.5. The minimum Gasteiger partial charge on any atom is -0.489 e. The molecular weight excluding hydrogens is 660 g/mol. The second kappa shape index (κ2) is 15.4. The number of piperidine rings is 2. The molecule has 0 bridgehead atoms. The summed E-state index contributed by atoms with van der Waals surface area (Å²) in [5.41, 5.74) is 1.55. The Morgan fingerprint density at radius 2 is 1.69 bits per heavy atom. The van der Waals surface area contributed by atoms with Crippen molar-refractivity contribution in [2.24, 2.45) is 22.7 Å². The minimum atomic E-state index is -0.472. The summed E-state index contributed by atoms with van der Waals surface area (Å²) in [7, 11) is 0. The molecule has 8 nitrogen and oxygen atoms in total. The molecule has 0 N–H and O–H groups in total. The number of aromatic nitrogens is 1. The van der Waals surface area contributed by atoms with Crippen LogP contribution in [0, 0.1) is 45.8 Å². The van der Waals surface area contributed by atoms with Gasteiger partial charge < -0.3 is 19.3 Å². The minimum absolute atomic E-state index is 0.0574. The van der Waals surface area contributed by atoms with E-state index in [2.05, 4.69) is 50.5 Å². The quantitative estimate of drug-likeness (QED) is 0.161. The number of carbonyl (C=O) groups excluding carboxylic acids is 2. The molecule has 1 aliphatic carbocycles.